The molecule has 142 valence electrons. The molecule has 1 aromatic heterocycles. The molecule has 1 aromatic carbocycles. The summed E-state index contributed by atoms with van der Waals surface area (Å²) in [5.41, 5.74) is 2.21. The van der Waals surface area contributed by atoms with Crippen LogP contribution in [0.1, 0.15) is 16.7 Å². The Morgan fingerprint density at radius 2 is 1.85 bits per heavy atom. The lowest BCUT2D eigenvalue weighted by molar-refractivity contribution is 0.412. The van der Waals surface area contributed by atoms with E-state index in [1.54, 1.807) is 43.6 Å². The number of hydrogen-bond donors (Lipinski definition) is 1. The molecule has 0 saturated carbocycles. The predicted molar refractivity (Wildman–Crippen MR) is 101 cm³/mol. The Labute approximate surface area is 155 Å². The molecule has 0 spiro atoms. The van der Waals surface area contributed by atoms with E-state index in [-0.39, 0.29) is 24.5 Å². The molecule has 2 rings (SSSR count). The van der Waals surface area contributed by atoms with Gasteiger partial charge in [0.2, 0.25) is 20.0 Å². The molecular weight excluding hydrogens is 374 g/mol. The zero-order valence-corrected chi connectivity index (χ0v) is 16.6. The van der Waals surface area contributed by atoms with E-state index in [4.69, 9.17) is 0 Å². The first kappa shape index (κ1) is 20.5. The van der Waals surface area contributed by atoms with E-state index in [1.807, 2.05) is 13.0 Å². The highest BCUT2D eigenvalue weighted by atomic mass is 32.2. The van der Waals surface area contributed by atoms with Crippen LogP contribution in [0.4, 0.5) is 0 Å². The van der Waals surface area contributed by atoms with E-state index in [1.165, 1.54) is 4.31 Å². The number of nitrogens with one attached hydrogen (secondary N) is 1. The molecule has 0 saturated heterocycles. The van der Waals surface area contributed by atoms with Gasteiger partial charge in [-0.3, -0.25) is 4.98 Å². The molecule has 26 heavy (non-hydrogen) atoms. The zero-order chi connectivity index (χ0) is 19.4. The van der Waals surface area contributed by atoms with Crippen molar-refractivity contribution in [2.45, 2.75) is 25.3 Å². The molecule has 0 aliphatic rings. The van der Waals surface area contributed by atoms with Crippen LogP contribution in [0.25, 0.3) is 0 Å². The lowest BCUT2D eigenvalue weighted by Crippen LogP contribution is -2.37. The van der Waals surface area contributed by atoms with Gasteiger partial charge in [0.25, 0.3) is 0 Å². The second-order valence-corrected chi connectivity index (χ2v) is 9.84. The van der Waals surface area contributed by atoms with Crippen LogP contribution in [0.2, 0.25) is 0 Å². The topological polar surface area (TPSA) is 96.4 Å². The van der Waals surface area contributed by atoms with Crippen LogP contribution < -0.4 is 4.72 Å². The smallest absolute Gasteiger partial charge is 0.240 e. The summed E-state index contributed by atoms with van der Waals surface area (Å²) in [6.45, 7) is 3.68. The lowest BCUT2D eigenvalue weighted by atomic mass is 10.2. The largest absolute Gasteiger partial charge is 0.264 e. The van der Waals surface area contributed by atoms with Crippen molar-refractivity contribution < 1.29 is 16.8 Å². The average molecular weight is 398 g/mol. The van der Waals surface area contributed by atoms with Crippen molar-refractivity contribution in [3.63, 3.8) is 0 Å². The minimum absolute atomic E-state index is 0.0248. The zero-order valence-electron chi connectivity index (χ0n) is 15.0. The minimum atomic E-state index is -3.71. The normalized spacial score (nSPS) is 12.5. The lowest BCUT2D eigenvalue weighted by Gasteiger charge is -2.20. The molecule has 0 amide bonds. The monoisotopic (exact) mass is 397 g/mol. The van der Waals surface area contributed by atoms with Gasteiger partial charge in [0.1, 0.15) is 0 Å². The van der Waals surface area contributed by atoms with Crippen LogP contribution in [0.15, 0.2) is 47.6 Å². The minimum Gasteiger partial charge on any atom is -0.264 e. The maximum atomic E-state index is 12.5. The highest BCUT2D eigenvalue weighted by Gasteiger charge is 2.20. The second-order valence-electron chi connectivity index (χ2n) is 6.12. The van der Waals surface area contributed by atoms with Gasteiger partial charge in [0.05, 0.1) is 11.2 Å². The van der Waals surface area contributed by atoms with Gasteiger partial charge in [-0.15, -0.1) is 0 Å². The Morgan fingerprint density at radius 1 is 1.12 bits per heavy atom. The van der Waals surface area contributed by atoms with Crippen LogP contribution in [-0.4, -0.2) is 45.5 Å². The van der Waals surface area contributed by atoms with E-state index in [0.29, 0.717) is 5.56 Å². The summed E-state index contributed by atoms with van der Waals surface area (Å²) in [6.07, 6.45) is 4.29. The third kappa shape index (κ3) is 5.60. The van der Waals surface area contributed by atoms with Crippen molar-refractivity contribution >= 4 is 20.0 Å². The molecule has 7 nitrogen and oxygen atoms in total. The fourth-order valence-corrected chi connectivity index (χ4v) is 4.59. The quantitative estimate of drug-likeness (QED) is 0.727. The maximum Gasteiger partial charge on any atom is 0.240 e. The van der Waals surface area contributed by atoms with Crippen LogP contribution in [-0.2, 0) is 26.6 Å². The number of sulfonamides is 2. The van der Waals surface area contributed by atoms with Crippen molar-refractivity contribution in [3.05, 3.63) is 59.4 Å². The maximum absolute atomic E-state index is 12.5. The Kier molecular flexibility index (Phi) is 6.51. The summed E-state index contributed by atoms with van der Waals surface area (Å²) in [5.74, 6) is 0. The van der Waals surface area contributed by atoms with Crippen molar-refractivity contribution in [1.82, 2.24) is 14.0 Å². The van der Waals surface area contributed by atoms with Crippen molar-refractivity contribution in [1.29, 1.82) is 0 Å². The number of aromatic nitrogens is 1. The van der Waals surface area contributed by atoms with Gasteiger partial charge in [-0.1, -0.05) is 18.2 Å². The molecule has 0 bridgehead atoms. The number of pyridine rings is 1. The fraction of sp³-hybridized carbons (Fsp3) is 0.353. The van der Waals surface area contributed by atoms with E-state index < -0.39 is 20.0 Å². The average Bonchev–Trinajstić information content (AvgIpc) is 2.56. The van der Waals surface area contributed by atoms with E-state index in [0.717, 1.165) is 17.4 Å². The summed E-state index contributed by atoms with van der Waals surface area (Å²) < 4.78 is 52.7. The summed E-state index contributed by atoms with van der Waals surface area (Å²) in [7, 11) is -7.20. The van der Waals surface area contributed by atoms with Crippen molar-refractivity contribution in [3.8, 4) is 0 Å². The molecule has 1 heterocycles. The number of rotatable bonds is 8. The molecule has 0 unspecified atom stereocenters. The number of hydrogen-bond acceptors (Lipinski definition) is 5. The van der Waals surface area contributed by atoms with Gasteiger partial charge in [-0.25, -0.2) is 21.6 Å². The van der Waals surface area contributed by atoms with Crippen LogP contribution >= 0.6 is 0 Å². The van der Waals surface area contributed by atoms with Crippen LogP contribution in [0, 0.1) is 13.8 Å². The molecule has 0 radical (unpaired) electrons. The number of aryl methyl sites for hydroxylation is 2. The van der Waals surface area contributed by atoms with Gasteiger partial charge in [-0.05, 0) is 42.7 Å². The van der Waals surface area contributed by atoms with Gasteiger partial charge in [0, 0.05) is 32.0 Å². The first-order valence-corrected chi connectivity index (χ1v) is 11.3. The highest BCUT2D eigenvalue weighted by Crippen LogP contribution is 2.16. The van der Waals surface area contributed by atoms with Crippen LogP contribution in [0.3, 0.4) is 0 Å². The molecular formula is C17H23N3O4S2. The summed E-state index contributed by atoms with van der Waals surface area (Å²) in [6, 6.07) is 8.68. The van der Waals surface area contributed by atoms with Gasteiger partial charge < -0.3 is 0 Å². The molecule has 0 fully saturated rings. The molecule has 0 aliphatic carbocycles. The third-order valence-corrected chi connectivity index (χ3v) is 6.69. The van der Waals surface area contributed by atoms with Gasteiger partial charge in [0.15, 0.2) is 0 Å². The Balaban J connectivity index is 2.08. The summed E-state index contributed by atoms with van der Waals surface area (Å²) in [4.78, 5) is 4.17. The van der Waals surface area contributed by atoms with Gasteiger partial charge >= 0.3 is 0 Å². The first-order chi connectivity index (χ1) is 12.1. The summed E-state index contributed by atoms with van der Waals surface area (Å²) >= 11 is 0. The van der Waals surface area contributed by atoms with Gasteiger partial charge in [-0.2, -0.15) is 4.31 Å². The Morgan fingerprint density at radius 3 is 2.46 bits per heavy atom. The number of benzene rings is 1. The predicted octanol–water partition coefficient (Wildman–Crippen LogP) is 1.44. The van der Waals surface area contributed by atoms with Crippen molar-refractivity contribution in [2.24, 2.45) is 0 Å². The first-order valence-electron chi connectivity index (χ1n) is 8.00. The molecule has 0 aliphatic heterocycles. The Bertz CT molecular complexity index is 959. The molecule has 0 atom stereocenters. The van der Waals surface area contributed by atoms with E-state index in [9.17, 15) is 16.8 Å². The van der Waals surface area contributed by atoms with E-state index >= 15 is 0 Å². The molecule has 2 aromatic rings. The number of nitrogens with zero attached hydrogens (tertiary/aromatic N) is 2. The molecule has 1 N–H and O–H groups in total. The highest BCUT2D eigenvalue weighted by molar-refractivity contribution is 7.89. The SMILES string of the molecule is Cc1ccc(C)c(S(=O)(=O)NCCN(Cc2cccnc2)S(C)(=O)=O)c1. The standard InChI is InChI=1S/C17H23N3O4S2/c1-14-6-7-15(2)17(11-14)26(23,24)19-9-10-20(25(3,21)22)13-16-5-4-8-18-12-16/h4-8,11-12,19H,9-10,13H2,1-3H3. The van der Waals surface area contributed by atoms with E-state index in [2.05, 4.69) is 9.71 Å². The fourth-order valence-electron chi connectivity index (χ4n) is 2.44. The Hall–Kier alpha value is -1.81. The molecule has 9 heteroatoms. The second kappa shape index (κ2) is 8.26. The third-order valence-electron chi connectivity index (χ3n) is 3.84. The van der Waals surface area contributed by atoms with Crippen molar-refractivity contribution in [2.75, 3.05) is 19.3 Å². The summed E-state index contributed by atoms with van der Waals surface area (Å²) in [5, 5.41) is 0. The van der Waals surface area contributed by atoms with Crippen LogP contribution in [0.5, 0.6) is 0 Å².